The molecule has 0 bridgehead atoms. The Labute approximate surface area is 176 Å². The third kappa shape index (κ3) is 3.65. The Bertz CT molecular complexity index is 1010. The highest BCUT2D eigenvalue weighted by atomic mass is 16.2. The van der Waals surface area contributed by atoms with E-state index < -0.39 is 0 Å². The lowest BCUT2D eigenvalue weighted by Crippen LogP contribution is -2.49. The third-order valence-corrected chi connectivity index (χ3v) is 6.26. The van der Waals surface area contributed by atoms with Gasteiger partial charge in [0.25, 0.3) is 0 Å². The third-order valence-electron chi connectivity index (χ3n) is 6.26. The number of hydrazone groups is 1. The number of piperidine rings is 1. The van der Waals surface area contributed by atoms with E-state index in [1.54, 1.807) is 18.6 Å². The van der Waals surface area contributed by atoms with E-state index in [0.717, 1.165) is 48.2 Å². The number of amides is 1. The fourth-order valence-corrected chi connectivity index (χ4v) is 4.67. The number of likely N-dealkylation sites (tertiary alicyclic amines) is 1. The summed E-state index contributed by atoms with van der Waals surface area (Å²) in [6, 6.07) is 8.32. The summed E-state index contributed by atoms with van der Waals surface area (Å²) in [6.07, 6.45) is 14.9. The topological polar surface area (TPSA) is 70.5 Å². The summed E-state index contributed by atoms with van der Waals surface area (Å²) in [4.78, 5) is 23.6. The molecular weight excluding hydrogens is 374 g/mol. The molecule has 1 saturated heterocycles. The lowest BCUT2D eigenvalue weighted by molar-refractivity contribution is -0.131. The molecule has 2 unspecified atom stereocenters. The molecule has 0 spiro atoms. The number of hydrogen-bond donors (Lipinski definition) is 1. The second kappa shape index (κ2) is 8.22. The number of hydrogen-bond acceptors (Lipinski definition) is 5. The van der Waals surface area contributed by atoms with Crippen LogP contribution in [0.15, 0.2) is 71.9 Å². The Balaban J connectivity index is 1.33. The fraction of sp³-hybridized carbons (Fsp3) is 0.333. The Morgan fingerprint density at radius 3 is 2.87 bits per heavy atom. The maximum atomic E-state index is 13.2. The van der Waals surface area contributed by atoms with Gasteiger partial charge >= 0.3 is 0 Å². The molecule has 0 radical (unpaired) electrons. The zero-order chi connectivity index (χ0) is 20.3. The lowest BCUT2D eigenvalue weighted by atomic mass is 9.86. The van der Waals surface area contributed by atoms with E-state index in [9.17, 15) is 4.79 Å². The second-order valence-electron chi connectivity index (χ2n) is 8.07. The first kappa shape index (κ1) is 18.7. The zero-order valence-corrected chi connectivity index (χ0v) is 16.9. The molecule has 2 aromatic heterocycles. The predicted octanol–water partition coefficient (Wildman–Crippen LogP) is 3.19. The van der Waals surface area contributed by atoms with Crippen molar-refractivity contribution in [2.75, 3.05) is 13.1 Å². The smallest absolute Gasteiger partial charge is 0.227 e. The Morgan fingerprint density at radius 2 is 2.03 bits per heavy atom. The van der Waals surface area contributed by atoms with Crippen LogP contribution in [0.2, 0.25) is 0 Å². The summed E-state index contributed by atoms with van der Waals surface area (Å²) >= 11 is 0. The molecule has 4 heterocycles. The summed E-state index contributed by atoms with van der Waals surface area (Å²) in [5, 5.41) is 4.59. The average molecular weight is 399 g/mol. The van der Waals surface area contributed by atoms with Crippen LogP contribution in [0.4, 0.5) is 0 Å². The maximum Gasteiger partial charge on any atom is 0.227 e. The number of fused-ring (bicyclic) bond motifs is 1. The van der Waals surface area contributed by atoms with Crippen molar-refractivity contribution in [2.24, 2.45) is 11.0 Å². The minimum absolute atomic E-state index is 0.192. The molecule has 2 atom stereocenters. The van der Waals surface area contributed by atoms with Crippen LogP contribution in [0.25, 0.3) is 5.57 Å². The Kier molecular flexibility index (Phi) is 5.13. The van der Waals surface area contributed by atoms with E-state index in [-0.39, 0.29) is 11.8 Å². The Hall–Kier alpha value is -3.28. The minimum Gasteiger partial charge on any atom is -0.342 e. The second-order valence-corrected chi connectivity index (χ2v) is 8.07. The van der Waals surface area contributed by atoms with Gasteiger partial charge < -0.3 is 10.3 Å². The molecule has 30 heavy (non-hydrogen) atoms. The molecule has 0 saturated carbocycles. The van der Waals surface area contributed by atoms with Gasteiger partial charge in [-0.05, 0) is 54.2 Å². The monoisotopic (exact) mass is 399 g/mol. The minimum atomic E-state index is 0.192. The van der Waals surface area contributed by atoms with Gasteiger partial charge in [-0.25, -0.2) is 0 Å². The molecule has 2 aromatic rings. The van der Waals surface area contributed by atoms with Crippen molar-refractivity contribution in [1.82, 2.24) is 20.3 Å². The summed E-state index contributed by atoms with van der Waals surface area (Å²) < 4.78 is 0. The first-order valence-corrected chi connectivity index (χ1v) is 10.6. The summed E-state index contributed by atoms with van der Waals surface area (Å²) in [5.41, 5.74) is 8.88. The van der Waals surface area contributed by atoms with Crippen molar-refractivity contribution in [3.05, 3.63) is 77.9 Å². The molecular formula is C24H25N5O. The number of nitrogens with zero attached hydrogens (tertiary/aromatic N) is 4. The molecule has 5 rings (SSSR count). The van der Waals surface area contributed by atoms with Crippen LogP contribution >= 0.6 is 0 Å². The molecule has 6 heteroatoms. The zero-order valence-electron chi connectivity index (χ0n) is 16.9. The normalized spacial score (nSPS) is 23.1. The van der Waals surface area contributed by atoms with E-state index in [1.807, 2.05) is 29.3 Å². The number of pyridine rings is 2. The van der Waals surface area contributed by atoms with Crippen molar-refractivity contribution in [3.63, 3.8) is 0 Å². The van der Waals surface area contributed by atoms with Crippen LogP contribution in [0.5, 0.6) is 0 Å². The van der Waals surface area contributed by atoms with Gasteiger partial charge in [-0.3, -0.25) is 14.8 Å². The highest BCUT2D eigenvalue weighted by molar-refractivity contribution is 6.04. The van der Waals surface area contributed by atoms with Gasteiger partial charge in [0.05, 0.1) is 18.2 Å². The first-order valence-electron chi connectivity index (χ1n) is 10.6. The SMILES string of the molecule is O=C(CC1=C(c2cccnc2)CCC=C1)N1CCC2NN=C(c3ccncc3)C2C1. The number of allylic oxidation sites excluding steroid dienone is 3. The van der Waals surface area contributed by atoms with E-state index >= 15 is 0 Å². The number of carbonyl (C=O) groups is 1. The van der Waals surface area contributed by atoms with Gasteiger partial charge in [0.1, 0.15) is 0 Å². The fourth-order valence-electron chi connectivity index (χ4n) is 4.67. The summed E-state index contributed by atoms with van der Waals surface area (Å²) in [5.74, 6) is 0.413. The summed E-state index contributed by atoms with van der Waals surface area (Å²) in [6.45, 7) is 1.47. The van der Waals surface area contributed by atoms with Crippen LogP contribution in [-0.2, 0) is 4.79 Å². The van der Waals surface area contributed by atoms with Gasteiger partial charge in [0, 0.05) is 49.4 Å². The van der Waals surface area contributed by atoms with Crippen molar-refractivity contribution in [1.29, 1.82) is 0 Å². The molecule has 1 aliphatic carbocycles. The number of nitrogens with one attached hydrogen (secondary N) is 1. The van der Waals surface area contributed by atoms with E-state index in [2.05, 4.69) is 38.7 Å². The molecule has 3 aliphatic rings. The largest absolute Gasteiger partial charge is 0.342 e. The van der Waals surface area contributed by atoms with Crippen molar-refractivity contribution < 1.29 is 4.79 Å². The highest BCUT2D eigenvalue weighted by Crippen LogP contribution is 2.31. The molecule has 1 fully saturated rings. The predicted molar refractivity (Wildman–Crippen MR) is 117 cm³/mol. The average Bonchev–Trinajstić information content (AvgIpc) is 3.24. The van der Waals surface area contributed by atoms with Gasteiger partial charge in [0.15, 0.2) is 0 Å². The van der Waals surface area contributed by atoms with Gasteiger partial charge in [0.2, 0.25) is 5.91 Å². The first-order chi connectivity index (χ1) is 14.8. The van der Waals surface area contributed by atoms with Crippen molar-refractivity contribution in [2.45, 2.75) is 31.7 Å². The standard InChI is InChI=1S/C24H25N5O/c30-23(14-18-4-1-2-6-20(18)19-5-3-10-26-15-19)29-13-9-22-21(16-29)24(28-27-22)17-7-11-25-12-8-17/h1,3-5,7-8,10-12,15,21-22,27H,2,6,9,13-14,16H2. The van der Waals surface area contributed by atoms with Crippen LogP contribution in [0.3, 0.4) is 0 Å². The number of rotatable bonds is 4. The van der Waals surface area contributed by atoms with Gasteiger partial charge in [-0.1, -0.05) is 18.2 Å². The van der Waals surface area contributed by atoms with Gasteiger partial charge in [-0.15, -0.1) is 0 Å². The van der Waals surface area contributed by atoms with Crippen LogP contribution < -0.4 is 5.43 Å². The highest BCUT2D eigenvalue weighted by Gasteiger charge is 2.38. The molecule has 1 amide bonds. The summed E-state index contributed by atoms with van der Waals surface area (Å²) in [7, 11) is 0. The van der Waals surface area contributed by atoms with E-state index in [0.29, 0.717) is 19.0 Å². The van der Waals surface area contributed by atoms with Crippen LogP contribution in [0, 0.1) is 5.92 Å². The quantitative estimate of drug-likeness (QED) is 0.857. The van der Waals surface area contributed by atoms with Crippen LogP contribution in [-0.4, -0.2) is 45.6 Å². The van der Waals surface area contributed by atoms with Crippen molar-refractivity contribution in [3.8, 4) is 0 Å². The van der Waals surface area contributed by atoms with Gasteiger partial charge in [-0.2, -0.15) is 5.10 Å². The molecule has 6 nitrogen and oxygen atoms in total. The Morgan fingerprint density at radius 1 is 1.13 bits per heavy atom. The van der Waals surface area contributed by atoms with E-state index in [1.165, 1.54) is 5.57 Å². The van der Waals surface area contributed by atoms with Crippen LogP contribution in [0.1, 0.15) is 36.8 Å². The van der Waals surface area contributed by atoms with E-state index in [4.69, 9.17) is 0 Å². The number of aromatic nitrogens is 2. The molecule has 0 aromatic carbocycles. The maximum absolute atomic E-state index is 13.2. The lowest BCUT2D eigenvalue weighted by Gasteiger charge is -2.35. The molecule has 2 aliphatic heterocycles. The number of carbonyl (C=O) groups excluding carboxylic acids is 1. The van der Waals surface area contributed by atoms with Crippen molar-refractivity contribution >= 4 is 17.2 Å². The molecule has 152 valence electrons. The molecule has 1 N–H and O–H groups in total.